The number of rotatable bonds is 5. The SMILES string of the molecule is O=C(NCc1cccnc1)C1CCN(C(=O)C2(c3ccc(Cl)cc3Cl)CCOCC2)CC1. The van der Waals surface area contributed by atoms with Crippen LogP contribution < -0.4 is 5.32 Å². The van der Waals surface area contributed by atoms with Crippen LogP contribution in [-0.4, -0.2) is 48.0 Å². The van der Waals surface area contributed by atoms with E-state index in [0.29, 0.717) is 68.6 Å². The Bertz CT molecular complexity index is 956. The van der Waals surface area contributed by atoms with Crippen molar-refractivity contribution >= 4 is 35.0 Å². The number of hydrogen-bond donors (Lipinski definition) is 1. The molecule has 1 aromatic heterocycles. The normalized spacial score (nSPS) is 18.9. The zero-order valence-electron chi connectivity index (χ0n) is 17.9. The monoisotopic (exact) mass is 475 g/mol. The Morgan fingerprint density at radius 3 is 2.56 bits per heavy atom. The van der Waals surface area contributed by atoms with E-state index in [0.717, 1.165) is 11.1 Å². The van der Waals surface area contributed by atoms with E-state index in [1.807, 2.05) is 23.1 Å². The van der Waals surface area contributed by atoms with Crippen molar-refractivity contribution in [1.29, 1.82) is 0 Å². The summed E-state index contributed by atoms with van der Waals surface area (Å²) in [5, 5.41) is 4.05. The summed E-state index contributed by atoms with van der Waals surface area (Å²) in [4.78, 5) is 32.4. The van der Waals surface area contributed by atoms with Gasteiger partial charge in [-0.05, 0) is 55.0 Å². The van der Waals surface area contributed by atoms with Gasteiger partial charge in [-0.1, -0.05) is 35.3 Å². The Balaban J connectivity index is 1.41. The number of piperidine rings is 1. The molecule has 6 nitrogen and oxygen atoms in total. The van der Waals surface area contributed by atoms with Crippen LogP contribution in [0.4, 0.5) is 0 Å². The average Bonchev–Trinajstić information content (AvgIpc) is 2.83. The number of ether oxygens (including phenoxy) is 1. The maximum Gasteiger partial charge on any atom is 0.233 e. The minimum absolute atomic E-state index is 0.0301. The van der Waals surface area contributed by atoms with Crippen LogP contribution in [0.1, 0.15) is 36.8 Å². The van der Waals surface area contributed by atoms with Gasteiger partial charge in [0.05, 0.1) is 5.41 Å². The van der Waals surface area contributed by atoms with Crippen molar-refractivity contribution in [2.75, 3.05) is 26.3 Å². The highest BCUT2D eigenvalue weighted by Gasteiger charge is 2.46. The molecule has 2 aliphatic heterocycles. The topological polar surface area (TPSA) is 71.5 Å². The summed E-state index contributed by atoms with van der Waals surface area (Å²) in [5.74, 6) is 0.00204. The van der Waals surface area contributed by atoms with Gasteiger partial charge in [0.1, 0.15) is 0 Å². The minimum Gasteiger partial charge on any atom is -0.381 e. The second-order valence-electron chi connectivity index (χ2n) is 8.46. The van der Waals surface area contributed by atoms with Gasteiger partial charge in [-0.25, -0.2) is 0 Å². The number of likely N-dealkylation sites (tertiary alicyclic amines) is 1. The van der Waals surface area contributed by atoms with Crippen LogP contribution in [-0.2, 0) is 26.3 Å². The number of halogens is 2. The second-order valence-corrected chi connectivity index (χ2v) is 9.31. The molecule has 1 N–H and O–H groups in total. The van der Waals surface area contributed by atoms with Crippen molar-refractivity contribution in [2.45, 2.75) is 37.6 Å². The van der Waals surface area contributed by atoms with E-state index in [2.05, 4.69) is 10.3 Å². The first-order chi connectivity index (χ1) is 15.5. The number of nitrogens with zero attached hydrogens (tertiary/aromatic N) is 2. The summed E-state index contributed by atoms with van der Waals surface area (Å²) in [7, 11) is 0. The third kappa shape index (κ3) is 4.92. The van der Waals surface area contributed by atoms with Gasteiger partial charge in [-0.3, -0.25) is 14.6 Å². The number of carbonyl (C=O) groups excluding carboxylic acids is 2. The van der Waals surface area contributed by atoms with Gasteiger partial charge in [0.15, 0.2) is 0 Å². The predicted octanol–water partition coefficient (Wildman–Crippen LogP) is 3.99. The van der Waals surface area contributed by atoms with Crippen molar-refractivity contribution in [1.82, 2.24) is 15.2 Å². The highest BCUT2D eigenvalue weighted by atomic mass is 35.5. The van der Waals surface area contributed by atoms with Crippen LogP contribution in [0.5, 0.6) is 0 Å². The van der Waals surface area contributed by atoms with Crippen LogP contribution in [0.25, 0.3) is 0 Å². The van der Waals surface area contributed by atoms with E-state index >= 15 is 0 Å². The van der Waals surface area contributed by atoms with Crippen molar-refractivity contribution in [2.24, 2.45) is 5.92 Å². The van der Waals surface area contributed by atoms with Crippen LogP contribution in [0.2, 0.25) is 10.0 Å². The van der Waals surface area contributed by atoms with Gasteiger partial charge in [0.25, 0.3) is 0 Å². The molecule has 0 spiro atoms. The highest BCUT2D eigenvalue weighted by Crippen LogP contribution is 2.41. The lowest BCUT2D eigenvalue weighted by Crippen LogP contribution is -2.53. The third-order valence-corrected chi connectivity index (χ3v) is 7.09. The largest absolute Gasteiger partial charge is 0.381 e. The Hall–Kier alpha value is -2.15. The van der Waals surface area contributed by atoms with Crippen molar-refractivity contribution in [3.63, 3.8) is 0 Å². The zero-order chi connectivity index (χ0) is 22.6. The fourth-order valence-electron chi connectivity index (χ4n) is 4.68. The number of pyridine rings is 1. The first-order valence-electron chi connectivity index (χ1n) is 11.0. The molecule has 3 heterocycles. The summed E-state index contributed by atoms with van der Waals surface area (Å²) < 4.78 is 5.56. The van der Waals surface area contributed by atoms with Gasteiger partial charge < -0.3 is 15.0 Å². The molecule has 32 heavy (non-hydrogen) atoms. The Labute approximate surface area is 198 Å². The number of nitrogens with one attached hydrogen (secondary N) is 1. The first-order valence-corrected chi connectivity index (χ1v) is 11.7. The maximum absolute atomic E-state index is 13.8. The molecule has 0 saturated carbocycles. The predicted molar refractivity (Wildman–Crippen MR) is 124 cm³/mol. The highest BCUT2D eigenvalue weighted by molar-refractivity contribution is 6.35. The molecule has 1 aromatic carbocycles. The molecule has 2 fully saturated rings. The zero-order valence-corrected chi connectivity index (χ0v) is 19.4. The lowest BCUT2D eigenvalue weighted by molar-refractivity contribution is -0.144. The van der Waals surface area contributed by atoms with Gasteiger partial charge in [0, 0.05) is 61.2 Å². The Kier molecular flexibility index (Phi) is 7.33. The lowest BCUT2D eigenvalue weighted by Gasteiger charge is -2.42. The molecule has 2 aliphatic rings. The number of aromatic nitrogens is 1. The summed E-state index contributed by atoms with van der Waals surface area (Å²) in [6, 6.07) is 9.13. The average molecular weight is 476 g/mol. The molecule has 0 unspecified atom stereocenters. The van der Waals surface area contributed by atoms with Gasteiger partial charge in [0.2, 0.25) is 11.8 Å². The van der Waals surface area contributed by atoms with Crippen molar-refractivity contribution < 1.29 is 14.3 Å². The van der Waals surface area contributed by atoms with Crippen LogP contribution in [0.3, 0.4) is 0 Å². The summed E-state index contributed by atoms with van der Waals surface area (Å²) in [6.45, 7) is 2.59. The fourth-order valence-corrected chi connectivity index (χ4v) is 5.27. The number of hydrogen-bond acceptors (Lipinski definition) is 4. The van der Waals surface area contributed by atoms with E-state index in [1.54, 1.807) is 24.5 Å². The van der Waals surface area contributed by atoms with Crippen molar-refractivity contribution in [3.8, 4) is 0 Å². The molecule has 0 bridgehead atoms. The molecule has 0 atom stereocenters. The third-order valence-electron chi connectivity index (χ3n) is 6.54. The van der Waals surface area contributed by atoms with E-state index in [4.69, 9.17) is 27.9 Å². The Morgan fingerprint density at radius 2 is 1.91 bits per heavy atom. The maximum atomic E-state index is 13.8. The summed E-state index contributed by atoms with van der Waals surface area (Å²) in [5.41, 5.74) is 1.07. The van der Waals surface area contributed by atoms with Gasteiger partial charge >= 0.3 is 0 Å². The number of carbonyl (C=O) groups is 2. The fraction of sp³-hybridized carbons (Fsp3) is 0.458. The Morgan fingerprint density at radius 1 is 1.16 bits per heavy atom. The van der Waals surface area contributed by atoms with Crippen LogP contribution >= 0.6 is 23.2 Å². The molecule has 0 aliphatic carbocycles. The smallest absolute Gasteiger partial charge is 0.233 e. The standard InChI is InChI=1S/C24H27Cl2N3O3/c25-19-3-4-20(21(26)14-19)24(7-12-32-13-8-24)23(31)29-10-5-18(6-11-29)22(30)28-16-17-2-1-9-27-15-17/h1-4,9,14-15,18H,5-8,10-13,16H2,(H,28,30). The first kappa shape index (κ1) is 23.0. The quantitative estimate of drug-likeness (QED) is 0.709. The van der Waals surface area contributed by atoms with E-state index in [1.165, 1.54) is 0 Å². The van der Waals surface area contributed by atoms with Crippen molar-refractivity contribution in [3.05, 3.63) is 63.9 Å². The molecule has 2 saturated heterocycles. The molecule has 0 radical (unpaired) electrons. The summed E-state index contributed by atoms with van der Waals surface area (Å²) >= 11 is 12.6. The molecule has 4 rings (SSSR count). The second kappa shape index (κ2) is 10.2. The molecule has 170 valence electrons. The lowest BCUT2D eigenvalue weighted by atomic mass is 9.72. The van der Waals surface area contributed by atoms with Crippen LogP contribution in [0.15, 0.2) is 42.7 Å². The molecular weight excluding hydrogens is 449 g/mol. The van der Waals surface area contributed by atoms with E-state index in [9.17, 15) is 9.59 Å². The number of benzene rings is 1. The molecule has 2 amide bonds. The minimum atomic E-state index is -0.713. The molecular formula is C24H27Cl2N3O3. The van der Waals surface area contributed by atoms with E-state index < -0.39 is 5.41 Å². The van der Waals surface area contributed by atoms with E-state index in [-0.39, 0.29) is 17.7 Å². The van der Waals surface area contributed by atoms with Gasteiger partial charge in [-0.15, -0.1) is 0 Å². The molecule has 8 heteroatoms. The van der Waals surface area contributed by atoms with Crippen LogP contribution in [0, 0.1) is 5.92 Å². The number of amides is 2. The van der Waals surface area contributed by atoms with Gasteiger partial charge in [-0.2, -0.15) is 0 Å². The summed E-state index contributed by atoms with van der Waals surface area (Å²) in [6.07, 6.45) is 5.91. The molecule has 2 aromatic rings.